The molecule has 2 aliphatic rings. The van der Waals surface area contributed by atoms with E-state index in [0.717, 1.165) is 6.61 Å². The van der Waals surface area contributed by atoms with Gasteiger partial charge in [-0.1, -0.05) is 20.8 Å². The van der Waals surface area contributed by atoms with Gasteiger partial charge in [-0.2, -0.15) is 23.5 Å². The molecular weight excluding hydrogens is 274 g/mol. The molecule has 0 aromatic rings. The number of thioether (sulfide) groups is 2. The van der Waals surface area contributed by atoms with E-state index in [-0.39, 0.29) is 5.60 Å². The Hall–Kier alpha value is 0.620. The normalized spacial score (nSPS) is 33.8. The minimum atomic E-state index is 0.206. The van der Waals surface area contributed by atoms with Crippen LogP contribution in [0, 0.1) is 0 Å². The summed E-state index contributed by atoms with van der Waals surface area (Å²) in [5, 5.41) is 3.83. The molecule has 2 heterocycles. The number of nitrogens with one attached hydrogen (secondary N) is 1. The Morgan fingerprint density at radius 1 is 1.47 bits per heavy atom. The molecule has 0 aromatic heterocycles. The smallest absolute Gasteiger partial charge is 0.0795 e. The molecule has 0 radical (unpaired) electrons. The minimum Gasteiger partial charge on any atom is -0.374 e. The van der Waals surface area contributed by atoms with Gasteiger partial charge in [-0.05, 0) is 31.9 Å². The molecule has 112 valence electrons. The third-order valence-electron chi connectivity index (χ3n) is 3.85. The number of ether oxygens (including phenoxy) is 1. The summed E-state index contributed by atoms with van der Waals surface area (Å²) in [7, 11) is 0. The van der Waals surface area contributed by atoms with E-state index in [9.17, 15) is 0 Å². The van der Waals surface area contributed by atoms with Crippen molar-refractivity contribution < 1.29 is 4.74 Å². The summed E-state index contributed by atoms with van der Waals surface area (Å²) in [5.41, 5.74) is 0.206. The van der Waals surface area contributed by atoms with Crippen LogP contribution in [0.15, 0.2) is 0 Å². The minimum absolute atomic E-state index is 0.206. The Bertz CT molecular complexity index is 284. The second-order valence-corrected chi connectivity index (χ2v) is 9.97. The molecule has 0 saturated carbocycles. The molecule has 2 nitrogen and oxygen atoms in total. The lowest BCUT2D eigenvalue weighted by Crippen LogP contribution is -2.49. The van der Waals surface area contributed by atoms with Gasteiger partial charge in [0.25, 0.3) is 0 Å². The van der Waals surface area contributed by atoms with Crippen LogP contribution >= 0.6 is 23.5 Å². The van der Waals surface area contributed by atoms with Crippen LogP contribution in [-0.2, 0) is 4.74 Å². The van der Waals surface area contributed by atoms with E-state index in [4.69, 9.17) is 4.74 Å². The molecule has 0 aliphatic carbocycles. The molecule has 1 N–H and O–H groups in total. The molecule has 2 rings (SSSR count). The fourth-order valence-electron chi connectivity index (χ4n) is 2.86. The Kier molecular flexibility index (Phi) is 5.55. The quantitative estimate of drug-likeness (QED) is 0.857. The van der Waals surface area contributed by atoms with Crippen LogP contribution in [0.2, 0.25) is 0 Å². The molecule has 3 atom stereocenters. The summed E-state index contributed by atoms with van der Waals surface area (Å²) >= 11 is 4.11. The predicted octanol–water partition coefficient (Wildman–Crippen LogP) is 3.55. The highest BCUT2D eigenvalue weighted by Gasteiger charge is 2.40. The summed E-state index contributed by atoms with van der Waals surface area (Å²) in [6, 6.07) is 1.25. The lowest BCUT2D eigenvalue weighted by molar-refractivity contribution is -0.0708. The highest BCUT2D eigenvalue weighted by atomic mass is 32.2. The second kappa shape index (κ2) is 6.59. The molecule has 2 aliphatic heterocycles. The summed E-state index contributed by atoms with van der Waals surface area (Å²) in [6.45, 7) is 10.2. The van der Waals surface area contributed by atoms with Crippen molar-refractivity contribution in [2.45, 2.75) is 69.4 Å². The maximum Gasteiger partial charge on any atom is 0.0795 e. The maximum absolute atomic E-state index is 6.09. The van der Waals surface area contributed by atoms with Crippen molar-refractivity contribution >= 4 is 23.5 Å². The van der Waals surface area contributed by atoms with Crippen molar-refractivity contribution in [2.24, 2.45) is 0 Å². The van der Waals surface area contributed by atoms with Gasteiger partial charge in [0.05, 0.1) is 5.60 Å². The van der Waals surface area contributed by atoms with Gasteiger partial charge < -0.3 is 10.1 Å². The highest BCUT2D eigenvalue weighted by molar-refractivity contribution is 8.00. The van der Waals surface area contributed by atoms with Gasteiger partial charge in [-0.3, -0.25) is 0 Å². The van der Waals surface area contributed by atoms with Crippen molar-refractivity contribution in [3.63, 3.8) is 0 Å². The number of rotatable bonds is 4. The maximum atomic E-state index is 6.09. The van der Waals surface area contributed by atoms with E-state index in [1.54, 1.807) is 0 Å². The Morgan fingerprint density at radius 2 is 2.26 bits per heavy atom. The SMILES string of the molecule is C[C@H](CSC(C)(C)C)N[C@H]1CCO[C@]2(CCSC2)C1. The van der Waals surface area contributed by atoms with Crippen LogP contribution in [0.5, 0.6) is 0 Å². The average molecular weight is 304 g/mol. The first kappa shape index (κ1) is 16.0. The summed E-state index contributed by atoms with van der Waals surface area (Å²) in [4.78, 5) is 0. The van der Waals surface area contributed by atoms with E-state index in [0.29, 0.717) is 16.8 Å². The summed E-state index contributed by atoms with van der Waals surface area (Å²) in [6.07, 6.45) is 3.64. The zero-order chi connectivity index (χ0) is 13.9. The van der Waals surface area contributed by atoms with Crippen LogP contribution in [0.1, 0.15) is 47.0 Å². The van der Waals surface area contributed by atoms with Gasteiger partial charge >= 0.3 is 0 Å². The van der Waals surface area contributed by atoms with E-state index >= 15 is 0 Å². The molecule has 1 spiro atoms. The first-order valence-electron chi connectivity index (χ1n) is 7.50. The lowest BCUT2D eigenvalue weighted by Gasteiger charge is -2.39. The Balaban J connectivity index is 1.75. The van der Waals surface area contributed by atoms with Crippen LogP contribution in [-0.4, -0.2) is 46.3 Å². The van der Waals surface area contributed by atoms with Crippen molar-refractivity contribution in [1.29, 1.82) is 0 Å². The van der Waals surface area contributed by atoms with E-state index < -0.39 is 0 Å². The summed E-state index contributed by atoms with van der Waals surface area (Å²) < 4.78 is 6.46. The molecule has 0 amide bonds. The largest absolute Gasteiger partial charge is 0.374 e. The highest BCUT2D eigenvalue weighted by Crippen LogP contribution is 2.38. The standard InChI is InChI=1S/C15H29NOS2/c1-12(10-19-14(2,3)4)16-13-5-7-17-15(9-13)6-8-18-11-15/h12-13,16H,5-11H2,1-4H3/t12-,13+,15-/m1/s1. The summed E-state index contributed by atoms with van der Waals surface area (Å²) in [5.74, 6) is 3.68. The molecule has 2 fully saturated rings. The second-order valence-electron chi connectivity index (χ2n) is 7.01. The van der Waals surface area contributed by atoms with Gasteiger partial charge in [0.1, 0.15) is 0 Å². The third kappa shape index (κ3) is 5.14. The van der Waals surface area contributed by atoms with Crippen molar-refractivity contribution in [3.05, 3.63) is 0 Å². The van der Waals surface area contributed by atoms with Gasteiger partial charge in [0, 0.05) is 34.9 Å². The predicted molar refractivity (Wildman–Crippen MR) is 88.5 cm³/mol. The molecule has 4 heteroatoms. The first-order chi connectivity index (χ1) is 8.89. The van der Waals surface area contributed by atoms with E-state index in [2.05, 4.69) is 56.5 Å². The zero-order valence-electron chi connectivity index (χ0n) is 12.8. The van der Waals surface area contributed by atoms with E-state index in [1.807, 2.05) is 0 Å². The topological polar surface area (TPSA) is 21.3 Å². The van der Waals surface area contributed by atoms with Crippen LogP contribution in [0.25, 0.3) is 0 Å². The fourth-order valence-corrected chi connectivity index (χ4v) is 5.08. The van der Waals surface area contributed by atoms with Gasteiger partial charge in [0.2, 0.25) is 0 Å². The number of hydrogen-bond donors (Lipinski definition) is 1. The molecule has 2 saturated heterocycles. The molecule has 0 unspecified atom stereocenters. The molecule has 0 bridgehead atoms. The average Bonchev–Trinajstić information content (AvgIpc) is 2.74. The lowest BCUT2D eigenvalue weighted by atomic mass is 9.89. The van der Waals surface area contributed by atoms with Gasteiger partial charge in [-0.15, -0.1) is 0 Å². The van der Waals surface area contributed by atoms with Crippen LogP contribution < -0.4 is 5.32 Å². The van der Waals surface area contributed by atoms with Crippen molar-refractivity contribution in [1.82, 2.24) is 5.32 Å². The first-order valence-corrected chi connectivity index (χ1v) is 9.64. The fraction of sp³-hybridized carbons (Fsp3) is 1.00. The van der Waals surface area contributed by atoms with Crippen LogP contribution in [0.4, 0.5) is 0 Å². The van der Waals surface area contributed by atoms with Crippen LogP contribution in [0.3, 0.4) is 0 Å². The van der Waals surface area contributed by atoms with Crippen molar-refractivity contribution in [2.75, 3.05) is 23.9 Å². The Labute approximate surface area is 127 Å². The zero-order valence-corrected chi connectivity index (χ0v) is 14.5. The van der Waals surface area contributed by atoms with E-state index in [1.165, 1.54) is 36.5 Å². The van der Waals surface area contributed by atoms with Crippen molar-refractivity contribution in [3.8, 4) is 0 Å². The van der Waals surface area contributed by atoms with Gasteiger partial charge in [0.15, 0.2) is 0 Å². The number of hydrogen-bond acceptors (Lipinski definition) is 4. The van der Waals surface area contributed by atoms with Gasteiger partial charge in [-0.25, -0.2) is 0 Å². The molecule has 0 aromatic carbocycles. The third-order valence-corrected chi connectivity index (χ3v) is 6.60. The monoisotopic (exact) mass is 303 g/mol. The molecule has 19 heavy (non-hydrogen) atoms. The Morgan fingerprint density at radius 3 is 2.89 bits per heavy atom. The molecular formula is C15H29NOS2.